The van der Waals surface area contributed by atoms with Crippen LogP contribution in [0.15, 0.2) is 36.5 Å². The van der Waals surface area contributed by atoms with Crippen molar-refractivity contribution in [3.63, 3.8) is 0 Å². The smallest absolute Gasteiger partial charge is 0.337 e. The summed E-state index contributed by atoms with van der Waals surface area (Å²) in [6.07, 6.45) is 1.67. The van der Waals surface area contributed by atoms with Gasteiger partial charge < -0.3 is 9.84 Å². The van der Waals surface area contributed by atoms with Crippen LogP contribution in [0.4, 0.5) is 0 Å². The predicted molar refractivity (Wildman–Crippen MR) is 67.5 cm³/mol. The van der Waals surface area contributed by atoms with Crippen LogP contribution >= 0.6 is 11.6 Å². The number of aryl methyl sites for hydroxylation is 1. The third kappa shape index (κ3) is 2.60. The van der Waals surface area contributed by atoms with Crippen LogP contribution in [0.3, 0.4) is 0 Å². The molecule has 0 atom stereocenters. The van der Waals surface area contributed by atoms with Crippen molar-refractivity contribution in [2.45, 2.75) is 6.92 Å². The molecule has 0 radical (unpaired) electrons. The third-order valence-corrected chi connectivity index (χ3v) is 2.67. The van der Waals surface area contributed by atoms with Gasteiger partial charge in [-0.3, -0.25) is 4.98 Å². The average Bonchev–Trinajstić information content (AvgIpc) is 2.32. The van der Waals surface area contributed by atoms with Gasteiger partial charge in [0.1, 0.15) is 11.5 Å². The van der Waals surface area contributed by atoms with Crippen molar-refractivity contribution in [1.29, 1.82) is 0 Å². The number of nitrogens with zero attached hydrogens (tertiary/aromatic N) is 1. The number of carbonyl (C=O) groups is 1. The summed E-state index contributed by atoms with van der Waals surface area (Å²) in [5.74, 6) is 0.0156. The van der Waals surface area contributed by atoms with E-state index >= 15 is 0 Å². The molecule has 18 heavy (non-hydrogen) atoms. The Morgan fingerprint density at radius 2 is 2.17 bits per heavy atom. The molecule has 92 valence electrons. The maximum atomic E-state index is 10.8. The molecule has 0 saturated heterocycles. The van der Waals surface area contributed by atoms with Crippen LogP contribution in [0.5, 0.6) is 11.5 Å². The van der Waals surface area contributed by atoms with Crippen LogP contribution in [0.25, 0.3) is 0 Å². The molecule has 0 spiro atoms. The van der Waals surface area contributed by atoms with Gasteiger partial charge in [0.2, 0.25) is 0 Å². The van der Waals surface area contributed by atoms with E-state index < -0.39 is 5.97 Å². The van der Waals surface area contributed by atoms with Crippen molar-refractivity contribution in [1.82, 2.24) is 4.98 Å². The second-order valence-electron chi connectivity index (χ2n) is 3.64. The molecule has 1 aromatic heterocycles. The highest BCUT2D eigenvalue weighted by Crippen LogP contribution is 2.27. The first-order valence-corrected chi connectivity index (χ1v) is 5.58. The molecular formula is C13H10ClNO3. The lowest BCUT2D eigenvalue weighted by molar-refractivity contribution is 0.0697. The Morgan fingerprint density at radius 1 is 1.39 bits per heavy atom. The van der Waals surface area contributed by atoms with E-state index in [0.717, 1.165) is 5.69 Å². The van der Waals surface area contributed by atoms with Crippen LogP contribution < -0.4 is 4.74 Å². The van der Waals surface area contributed by atoms with Crippen LogP contribution in [-0.4, -0.2) is 16.1 Å². The average molecular weight is 264 g/mol. The number of rotatable bonds is 3. The van der Waals surface area contributed by atoms with Gasteiger partial charge in [-0.1, -0.05) is 11.6 Å². The first kappa shape index (κ1) is 12.4. The molecular weight excluding hydrogens is 254 g/mol. The van der Waals surface area contributed by atoms with Crippen molar-refractivity contribution >= 4 is 17.6 Å². The Labute approximate surface area is 109 Å². The maximum absolute atomic E-state index is 10.8. The summed E-state index contributed by atoms with van der Waals surface area (Å²) in [5.41, 5.74) is 0.794. The first-order valence-electron chi connectivity index (χ1n) is 5.20. The standard InChI is InChI=1S/C13H10ClNO3/c1-8-12(3-2-6-15-8)18-9-4-5-10(13(16)17)11(14)7-9/h2-7H,1H3,(H,16,17). The maximum Gasteiger partial charge on any atom is 0.337 e. The predicted octanol–water partition coefficient (Wildman–Crippen LogP) is 3.53. The van der Waals surface area contributed by atoms with Crippen molar-refractivity contribution < 1.29 is 14.6 Å². The van der Waals surface area contributed by atoms with Crippen LogP contribution in [0, 0.1) is 6.92 Å². The quantitative estimate of drug-likeness (QED) is 0.920. The largest absolute Gasteiger partial charge is 0.478 e. The zero-order valence-electron chi connectivity index (χ0n) is 9.55. The Hall–Kier alpha value is -2.07. The number of carboxylic acids is 1. The van der Waals surface area contributed by atoms with Gasteiger partial charge >= 0.3 is 5.97 Å². The molecule has 0 saturated carbocycles. The normalized spacial score (nSPS) is 10.1. The third-order valence-electron chi connectivity index (χ3n) is 2.36. The molecule has 1 heterocycles. The van der Waals surface area contributed by atoms with Crippen molar-refractivity contribution in [2.75, 3.05) is 0 Å². The summed E-state index contributed by atoms with van der Waals surface area (Å²) in [5, 5.41) is 9.00. The number of hydrogen-bond donors (Lipinski definition) is 1. The first-order chi connectivity index (χ1) is 8.58. The fraction of sp³-hybridized carbons (Fsp3) is 0.0769. The summed E-state index contributed by atoms with van der Waals surface area (Å²) in [7, 11) is 0. The number of benzene rings is 1. The number of aromatic carboxylic acids is 1. The number of carboxylic acid groups (broad SMARTS) is 1. The topological polar surface area (TPSA) is 59.4 Å². The second-order valence-corrected chi connectivity index (χ2v) is 4.04. The molecule has 0 unspecified atom stereocenters. The Balaban J connectivity index is 2.29. The van der Waals surface area contributed by atoms with Gasteiger partial charge in [0.15, 0.2) is 0 Å². The van der Waals surface area contributed by atoms with Crippen molar-refractivity contribution in [3.05, 3.63) is 52.8 Å². The minimum absolute atomic E-state index is 0.0481. The van der Waals surface area contributed by atoms with E-state index in [4.69, 9.17) is 21.4 Å². The van der Waals surface area contributed by atoms with E-state index in [1.54, 1.807) is 24.4 Å². The van der Waals surface area contributed by atoms with E-state index in [2.05, 4.69) is 4.98 Å². The summed E-state index contributed by atoms with van der Waals surface area (Å²) in [6, 6.07) is 7.97. The molecule has 1 aromatic carbocycles. The number of aromatic nitrogens is 1. The van der Waals surface area contributed by atoms with E-state index in [1.165, 1.54) is 12.1 Å². The van der Waals surface area contributed by atoms with Crippen molar-refractivity contribution in [3.8, 4) is 11.5 Å². The molecule has 4 nitrogen and oxygen atoms in total. The van der Waals surface area contributed by atoms with Crippen LogP contribution in [-0.2, 0) is 0 Å². The number of ether oxygens (including phenoxy) is 1. The summed E-state index contributed by atoms with van der Waals surface area (Å²) >= 11 is 5.85. The number of halogens is 1. The molecule has 0 aliphatic rings. The molecule has 2 rings (SSSR count). The summed E-state index contributed by atoms with van der Waals surface area (Å²) < 4.78 is 5.58. The second kappa shape index (κ2) is 5.06. The minimum atomic E-state index is -1.07. The van der Waals surface area contributed by atoms with E-state index in [9.17, 15) is 4.79 Å². The lowest BCUT2D eigenvalue weighted by Crippen LogP contribution is -1.97. The molecule has 5 heteroatoms. The van der Waals surface area contributed by atoms with E-state index in [0.29, 0.717) is 11.5 Å². The Bertz CT molecular complexity index is 599. The van der Waals surface area contributed by atoms with Gasteiger partial charge in [-0.15, -0.1) is 0 Å². The highest BCUT2D eigenvalue weighted by molar-refractivity contribution is 6.33. The zero-order chi connectivity index (χ0) is 13.1. The van der Waals surface area contributed by atoms with Crippen LogP contribution in [0.2, 0.25) is 5.02 Å². The molecule has 0 bridgehead atoms. The molecule has 2 aromatic rings. The van der Waals surface area contributed by atoms with Gasteiger partial charge in [-0.05, 0) is 31.2 Å². The summed E-state index contributed by atoms with van der Waals surface area (Å²) in [4.78, 5) is 14.9. The summed E-state index contributed by atoms with van der Waals surface area (Å²) in [6.45, 7) is 1.82. The van der Waals surface area contributed by atoms with E-state index in [-0.39, 0.29) is 10.6 Å². The number of hydrogen-bond acceptors (Lipinski definition) is 3. The van der Waals surface area contributed by atoms with Gasteiger partial charge in [0.25, 0.3) is 0 Å². The fourth-order valence-corrected chi connectivity index (χ4v) is 1.69. The van der Waals surface area contributed by atoms with Crippen molar-refractivity contribution in [2.24, 2.45) is 0 Å². The lowest BCUT2D eigenvalue weighted by atomic mass is 10.2. The van der Waals surface area contributed by atoms with E-state index in [1.807, 2.05) is 6.92 Å². The minimum Gasteiger partial charge on any atom is -0.478 e. The fourth-order valence-electron chi connectivity index (χ4n) is 1.44. The Morgan fingerprint density at radius 3 is 2.78 bits per heavy atom. The van der Waals surface area contributed by atoms with Crippen LogP contribution in [0.1, 0.15) is 16.1 Å². The zero-order valence-corrected chi connectivity index (χ0v) is 10.3. The molecule has 0 fully saturated rings. The molecule has 0 aliphatic heterocycles. The van der Waals surface area contributed by atoms with Gasteiger partial charge in [0, 0.05) is 12.3 Å². The highest BCUT2D eigenvalue weighted by Gasteiger charge is 2.10. The van der Waals surface area contributed by atoms with Gasteiger partial charge in [-0.2, -0.15) is 0 Å². The lowest BCUT2D eigenvalue weighted by Gasteiger charge is -2.08. The highest BCUT2D eigenvalue weighted by atomic mass is 35.5. The Kier molecular flexibility index (Phi) is 3.48. The SMILES string of the molecule is Cc1ncccc1Oc1ccc(C(=O)O)c(Cl)c1. The monoisotopic (exact) mass is 263 g/mol. The van der Waals surface area contributed by atoms with Gasteiger partial charge in [0.05, 0.1) is 16.3 Å². The van der Waals surface area contributed by atoms with Gasteiger partial charge in [-0.25, -0.2) is 4.79 Å². The number of pyridine rings is 1. The molecule has 0 amide bonds. The molecule has 1 N–H and O–H groups in total. The molecule has 0 aliphatic carbocycles.